The summed E-state index contributed by atoms with van der Waals surface area (Å²) in [5, 5.41) is 44.5. The summed E-state index contributed by atoms with van der Waals surface area (Å²) in [7, 11) is 3.95. The predicted octanol–water partition coefficient (Wildman–Crippen LogP) is 16.8. The fraction of sp³-hybridized carbons (Fsp3) is 0.985. The van der Waals surface area contributed by atoms with Gasteiger partial charge in [0.25, 0.3) is 0 Å². The van der Waals surface area contributed by atoms with E-state index in [1.807, 2.05) is 21.6 Å². The minimum absolute atomic E-state index is 0.143. The maximum Gasteiger partial charge on any atom is 0.305 e. The molecule has 1 aliphatic heterocycles. The molecule has 4 N–H and O–H groups in total. The molecular formula is C68H138N4O6S2. The Hall–Kier alpha value is -0.150. The summed E-state index contributed by atoms with van der Waals surface area (Å²) in [5.41, 5.74) is 0. The highest BCUT2D eigenvalue weighted by Crippen LogP contribution is 2.25. The van der Waals surface area contributed by atoms with Gasteiger partial charge in [-0.15, -0.1) is 0 Å². The first-order valence-corrected chi connectivity index (χ1v) is 37.6. The van der Waals surface area contributed by atoms with Crippen LogP contribution in [-0.2, 0) is 9.53 Å². The average molecular weight is 1170 g/mol. The highest BCUT2D eigenvalue weighted by molar-refractivity contribution is 8.76. The first kappa shape index (κ1) is 77.9. The standard InChI is InChI=1S/C68H138N4O6S2/c1-6-10-14-18-22-26-28-32-34-38-43-64(73)59-71(60-65(74)44-39-35-33-29-27-23-19-15-11-7-2)49-42-47-68(77)78-56-54-69-50-52-70(53-51-69)55-58-80-79-57-48-63(5)72(61-66(75)45-40-36-30-24-20-16-12-8-3)62-67(76)46-41-37-31-25-21-17-13-9-4/h63-67,73-76H,6-62H2,1-5H3. The number of nitrogens with zero attached hydrogens (tertiary/aromatic N) is 4. The quantitative estimate of drug-likeness (QED) is 0.0264. The summed E-state index contributed by atoms with van der Waals surface area (Å²) in [6, 6.07) is 0.324. The molecule has 1 fully saturated rings. The van der Waals surface area contributed by atoms with Crippen LogP contribution in [0, 0.1) is 0 Å². The van der Waals surface area contributed by atoms with Gasteiger partial charge in [0.2, 0.25) is 0 Å². The van der Waals surface area contributed by atoms with Crippen LogP contribution >= 0.6 is 21.6 Å². The number of carbonyl (C=O) groups excluding carboxylic acids is 1. The molecule has 0 bridgehead atoms. The van der Waals surface area contributed by atoms with Crippen LogP contribution in [-0.4, -0.2) is 167 Å². The number of piperazine rings is 1. The average Bonchev–Trinajstić information content (AvgIpc) is 3.44. The predicted molar refractivity (Wildman–Crippen MR) is 351 cm³/mol. The first-order chi connectivity index (χ1) is 39.1. The Morgan fingerprint density at radius 2 is 0.725 bits per heavy atom. The number of esters is 1. The zero-order valence-electron chi connectivity index (χ0n) is 53.9. The van der Waals surface area contributed by atoms with Gasteiger partial charge >= 0.3 is 5.97 Å². The van der Waals surface area contributed by atoms with Gasteiger partial charge in [0.1, 0.15) is 6.61 Å². The number of unbranched alkanes of at least 4 members (excludes halogenated alkanes) is 32. The van der Waals surface area contributed by atoms with E-state index < -0.39 is 12.2 Å². The van der Waals surface area contributed by atoms with Gasteiger partial charge < -0.3 is 25.2 Å². The van der Waals surface area contributed by atoms with E-state index in [2.05, 4.69) is 54.2 Å². The van der Waals surface area contributed by atoms with Crippen molar-refractivity contribution in [1.29, 1.82) is 0 Å². The number of carbonyl (C=O) groups is 1. The Balaban J connectivity index is 2.42. The minimum atomic E-state index is -0.406. The van der Waals surface area contributed by atoms with Gasteiger partial charge in [0, 0.05) is 89.4 Å². The van der Waals surface area contributed by atoms with Crippen LogP contribution in [0.2, 0.25) is 0 Å². The number of rotatable bonds is 63. The number of hydrogen-bond donors (Lipinski definition) is 4. The molecule has 0 aromatic heterocycles. The van der Waals surface area contributed by atoms with Crippen LogP contribution in [0.4, 0.5) is 0 Å². The molecule has 10 nitrogen and oxygen atoms in total. The monoisotopic (exact) mass is 1170 g/mol. The second kappa shape index (κ2) is 59.2. The van der Waals surface area contributed by atoms with Crippen molar-refractivity contribution in [2.24, 2.45) is 0 Å². The Bertz CT molecular complexity index is 1210. The van der Waals surface area contributed by atoms with Crippen molar-refractivity contribution in [2.75, 3.05) is 90.1 Å². The lowest BCUT2D eigenvalue weighted by molar-refractivity contribution is -0.144. The molecule has 478 valence electrons. The lowest BCUT2D eigenvalue weighted by atomic mass is 10.0. The zero-order valence-corrected chi connectivity index (χ0v) is 55.5. The molecule has 5 unspecified atom stereocenters. The summed E-state index contributed by atoms with van der Waals surface area (Å²) < 4.78 is 5.75. The van der Waals surface area contributed by atoms with Crippen LogP contribution < -0.4 is 0 Å². The molecule has 5 atom stereocenters. The molecular weight excluding hydrogens is 1030 g/mol. The van der Waals surface area contributed by atoms with Crippen LogP contribution in [0.15, 0.2) is 0 Å². The Kier molecular flexibility index (Phi) is 57.6. The summed E-state index contributed by atoms with van der Waals surface area (Å²) >= 11 is 0. The van der Waals surface area contributed by atoms with Crippen LogP contribution in [0.3, 0.4) is 0 Å². The Morgan fingerprint density at radius 1 is 0.412 bits per heavy atom. The van der Waals surface area contributed by atoms with E-state index in [4.69, 9.17) is 4.74 Å². The van der Waals surface area contributed by atoms with Gasteiger partial charge in [-0.25, -0.2) is 0 Å². The fourth-order valence-corrected chi connectivity index (χ4v) is 13.9. The number of ether oxygens (including phenoxy) is 1. The summed E-state index contributed by atoms with van der Waals surface area (Å²) in [5.74, 6) is 2.03. The van der Waals surface area contributed by atoms with Gasteiger partial charge in [-0.3, -0.25) is 24.4 Å². The van der Waals surface area contributed by atoms with Crippen LogP contribution in [0.1, 0.15) is 311 Å². The van der Waals surface area contributed by atoms with Crippen molar-refractivity contribution in [2.45, 2.75) is 341 Å². The van der Waals surface area contributed by atoms with Crippen molar-refractivity contribution >= 4 is 27.6 Å². The molecule has 0 spiro atoms. The van der Waals surface area contributed by atoms with Crippen LogP contribution in [0.25, 0.3) is 0 Å². The Morgan fingerprint density at radius 3 is 1.09 bits per heavy atom. The summed E-state index contributed by atoms with van der Waals surface area (Å²) in [6.45, 7) is 20.9. The summed E-state index contributed by atoms with van der Waals surface area (Å²) in [4.78, 5) is 22.5. The van der Waals surface area contributed by atoms with Crippen molar-refractivity contribution in [3.05, 3.63) is 0 Å². The SMILES string of the molecule is CCCCCCCCCCCCC(O)CN(CCCC(=O)OCCN1CCN(CCSSCCC(C)N(CC(O)CCCCCCCCCC)CC(O)CCCCCCCCCC)CC1)CC(O)CCCCCCCCCCCC. The van der Waals surface area contributed by atoms with Gasteiger partial charge in [-0.1, -0.05) is 280 Å². The molecule has 80 heavy (non-hydrogen) atoms. The van der Waals surface area contributed by atoms with Crippen molar-refractivity contribution in [3.63, 3.8) is 0 Å². The van der Waals surface area contributed by atoms with E-state index in [-0.39, 0.29) is 18.2 Å². The van der Waals surface area contributed by atoms with E-state index in [0.717, 1.165) is 109 Å². The molecule has 0 aliphatic carbocycles. The lowest BCUT2D eigenvalue weighted by Crippen LogP contribution is -2.47. The molecule has 1 aliphatic rings. The first-order valence-electron chi connectivity index (χ1n) is 35.1. The van der Waals surface area contributed by atoms with Crippen molar-refractivity contribution in [3.8, 4) is 0 Å². The van der Waals surface area contributed by atoms with Crippen LogP contribution in [0.5, 0.6) is 0 Å². The van der Waals surface area contributed by atoms with E-state index >= 15 is 0 Å². The van der Waals surface area contributed by atoms with E-state index in [1.165, 1.54) is 205 Å². The molecule has 0 aromatic carbocycles. The second-order valence-electron chi connectivity index (χ2n) is 25.1. The number of aliphatic hydroxyl groups excluding tert-OH is 4. The minimum Gasteiger partial charge on any atom is -0.464 e. The molecule has 12 heteroatoms. The second-order valence-corrected chi connectivity index (χ2v) is 27.8. The molecule has 1 rings (SSSR count). The molecule has 0 saturated carbocycles. The normalized spacial score (nSPS) is 15.5. The molecule has 1 heterocycles. The van der Waals surface area contributed by atoms with E-state index in [1.54, 1.807) is 0 Å². The fourth-order valence-electron chi connectivity index (χ4n) is 11.7. The molecule has 0 amide bonds. The molecule has 0 radical (unpaired) electrons. The largest absolute Gasteiger partial charge is 0.464 e. The Labute approximate surface area is 505 Å². The van der Waals surface area contributed by atoms with Crippen molar-refractivity contribution < 1.29 is 30.0 Å². The summed E-state index contributed by atoms with van der Waals surface area (Å²) in [6.07, 6.45) is 50.1. The van der Waals surface area contributed by atoms with Gasteiger partial charge in [0.05, 0.1) is 24.4 Å². The van der Waals surface area contributed by atoms with Gasteiger partial charge in [0.15, 0.2) is 0 Å². The van der Waals surface area contributed by atoms with Gasteiger partial charge in [-0.05, 0) is 52.0 Å². The highest BCUT2D eigenvalue weighted by Gasteiger charge is 2.22. The smallest absolute Gasteiger partial charge is 0.305 e. The third-order valence-electron chi connectivity index (χ3n) is 17.2. The maximum atomic E-state index is 12.9. The van der Waals surface area contributed by atoms with E-state index in [0.29, 0.717) is 58.2 Å². The lowest BCUT2D eigenvalue weighted by Gasteiger charge is -2.34. The topological polar surface area (TPSA) is 120 Å². The third kappa shape index (κ3) is 51.1. The van der Waals surface area contributed by atoms with Crippen molar-refractivity contribution in [1.82, 2.24) is 19.6 Å². The molecule has 0 aromatic rings. The van der Waals surface area contributed by atoms with E-state index in [9.17, 15) is 25.2 Å². The number of hydrogen-bond acceptors (Lipinski definition) is 12. The van der Waals surface area contributed by atoms with Gasteiger partial charge in [-0.2, -0.15) is 0 Å². The highest BCUT2D eigenvalue weighted by atomic mass is 33.1. The molecule has 1 saturated heterocycles. The zero-order chi connectivity index (χ0) is 58.2. The third-order valence-corrected chi connectivity index (χ3v) is 19.6. The maximum absolute atomic E-state index is 12.9. The number of aliphatic hydroxyl groups is 4.